The highest BCUT2D eigenvalue weighted by Crippen LogP contribution is 1.79. The van der Waals surface area contributed by atoms with Crippen LogP contribution in [0, 0.1) is 13.8 Å². The maximum atomic E-state index is 5.13. The Balaban J connectivity index is 2.69. The summed E-state index contributed by atoms with van der Waals surface area (Å²) in [4.78, 5) is 0. The molecule has 0 atom stereocenters. The average molecular weight is 160 g/mol. The summed E-state index contributed by atoms with van der Waals surface area (Å²) in [6.45, 7) is 10.5. The van der Waals surface area contributed by atoms with Crippen LogP contribution in [0.3, 0.4) is 0 Å². The summed E-state index contributed by atoms with van der Waals surface area (Å²) in [6.07, 6.45) is 0. The lowest BCUT2D eigenvalue weighted by Crippen LogP contribution is -2.09. The first-order valence-corrected chi connectivity index (χ1v) is 3.73. The molecule has 0 aliphatic carbocycles. The van der Waals surface area contributed by atoms with Gasteiger partial charge >= 0.3 is 0 Å². The number of ether oxygens (including phenoxy) is 3. The number of rotatable bonds is 8. The molecule has 0 aromatic heterocycles. The van der Waals surface area contributed by atoms with Crippen molar-refractivity contribution in [2.45, 2.75) is 0 Å². The number of hydrogen-bond acceptors (Lipinski definition) is 3. The summed E-state index contributed by atoms with van der Waals surface area (Å²) in [7, 11) is 0. The monoisotopic (exact) mass is 160 g/mol. The van der Waals surface area contributed by atoms with Gasteiger partial charge in [-0.3, -0.25) is 0 Å². The Kier molecular flexibility index (Phi) is 9.77. The van der Waals surface area contributed by atoms with E-state index in [1.54, 1.807) is 0 Å². The quantitative estimate of drug-likeness (QED) is 0.489. The van der Waals surface area contributed by atoms with Gasteiger partial charge in [-0.25, -0.2) is 0 Å². The van der Waals surface area contributed by atoms with Crippen LogP contribution in [-0.4, -0.2) is 39.6 Å². The Morgan fingerprint density at radius 2 is 1.00 bits per heavy atom. The normalized spacial score (nSPS) is 10.4. The van der Waals surface area contributed by atoms with E-state index >= 15 is 0 Å². The maximum Gasteiger partial charge on any atom is 0.0701 e. The molecule has 66 valence electrons. The first-order valence-electron chi connectivity index (χ1n) is 3.73. The van der Waals surface area contributed by atoms with Gasteiger partial charge in [-0.2, -0.15) is 0 Å². The van der Waals surface area contributed by atoms with Gasteiger partial charge in [0, 0.05) is 13.2 Å². The second-order valence-electron chi connectivity index (χ2n) is 1.84. The van der Waals surface area contributed by atoms with Gasteiger partial charge in [0.15, 0.2) is 0 Å². The summed E-state index contributed by atoms with van der Waals surface area (Å²) in [5.41, 5.74) is 0. The van der Waals surface area contributed by atoms with Crippen molar-refractivity contribution in [2.24, 2.45) is 0 Å². The van der Waals surface area contributed by atoms with Crippen LogP contribution in [0.15, 0.2) is 0 Å². The molecule has 11 heavy (non-hydrogen) atoms. The Bertz CT molecular complexity index is 58.4. The van der Waals surface area contributed by atoms with Crippen molar-refractivity contribution in [2.75, 3.05) is 39.6 Å². The predicted molar refractivity (Wildman–Crippen MR) is 43.2 cm³/mol. The molecule has 0 fully saturated rings. The fourth-order valence-electron chi connectivity index (χ4n) is 0.542. The smallest absolute Gasteiger partial charge is 0.0701 e. The highest BCUT2D eigenvalue weighted by Gasteiger charge is 1.87. The van der Waals surface area contributed by atoms with Crippen molar-refractivity contribution >= 4 is 0 Å². The van der Waals surface area contributed by atoms with E-state index in [0.29, 0.717) is 39.6 Å². The van der Waals surface area contributed by atoms with Gasteiger partial charge in [-0.15, -0.1) is 0 Å². The minimum absolute atomic E-state index is 0.499. The molecule has 3 nitrogen and oxygen atoms in total. The highest BCUT2D eigenvalue weighted by molar-refractivity contribution is 4.35. The maximum absolute atomic E-state index is 5.13. The third kappa shape index (κ3) is 9.88. The summed E-state index contributed by atoms with van der Waals surface area (Å²) in [5, 5.41) is 0. The van der Waals surface area contributed by atoms with E-state index in [-0.39, 0.29) is 0 Å². The van der Waals surface area contributed by atoms with E-state index in [1.807, 2.05) is 0 Å². The summed E-state index contributed by atoms with van der Waals surface area (Å²) in [6, 6.07) is 0. The van der Waals surface area contributed by atoms with Crippen LogP contribution in [0.4, 0.5) is 0 Å². The van der Waals surface area contributed by atoms with Gasteiger partial charge < -0.3 is 14.2 Å². The van der Waals surface area contributed by atoms with Crippen LogP contribution in [-0.2, 0) is 14.2 Å². The minimum Gasteiger partial charge on any atom is -0.379 e. The fourth-order valence-corrected chi connectivity index (χ4v) is 0.542. The van der Waals surface area contributed by atoms with Crippen LogP contribution in [0.1, 0.15) is 0 Å². The molecule has 3 heteroatoms. The molecule has 0 aliphatic heterocycles. The zero-order chi connectivity index (χ0) is 8.36. The molecule has 2 radical (unpaired) electrons. The molecule has 0 aliphatic rings. The second kappa shape index (κ2) is 9.88. The van der Waals surface area contributed by atoms with Crippen molar-refractivity contribution in [1.82, 2.24) is 0 Å². The molecule has 0 amide bonds. The first-order chi connectivity index (χ1) is 5.41. The zero-order valence-corrected chi connectivity index (χ0v) is 6.88. The van der Waals surface area contributed by atoms with E-state index < -0.39 is 0 Å². The van der Waals surface area contributed by atoms with Gasteiger partial charge in [0.1, 0.15) is 0 Å². The van der Waals surface area contributed by atoms with E-state index in [4.69, 9.17) is 14.2 Å². The van der Waals surface area contributed by atoms with Crippen molar-refractivity contribution in [3.63, 3.8) is 0 Å². The molecule has 0 aromatic carbocycles. The van der Waals surface area contributed by atoms with Crippen molar-refractivity contribution in [3.8, 4) is 0 Å². The molecule has 0 saturated heterocycles. The lowest BCUT2D eigenvalue weighted by atomic mass is 10.7. The lowest BCUT2D eigenvalue weighted by Gasteiger charge is -2.03. The molecule has 0 spiro atoms. The first kappa shape index (κ1) is 10.9. The summed E-state index contributed by atoms with van der Waals surface area (Å²) < 4.78 is 15.0. The SMILES string of the molecule is [CH2]COCCOCCOC[CH2]. The molecule has 0 heterocycles. The van der Waals surface area contributed by atoms with Gasteiger partial charge in [0.2, 0.25) is 0 Å². The third-order valence-corrected chi connectivity index (χ3v) is 1.03. The molecule has 0 aromatic rings. The molecular weight excluding hydrogens is 144 g/mol. The lowest BCUT2D eigenvalue weighted by molar-refractivity contribution is 0.0247. The van der Waals surface area contributed by atoms with Crippen molar-refractivity contribution in [3.05, 3.63) is 13.8 Å². The second-order valence-corrected chi connectivity index (χ2v) is 1.84. The Hall–Kier alpha value is -0.120. The van der Waals surface area contributed by atoms with E-state index in [9.17, 15) is 0 Å². The fraction of sp³-hybridized carbons (Fsp3) is 0.750. The third-order valence-electron chi connectivity index (χ3n) is 1.03. The molecule has 0 bridgehead atoms. The average Bonchev–Trinajstić information content (AvgIpc) is 2.03. The van der Waals surface area contributed by atoms with Gasteiger partial charge in [-0.05, 0) is 13.8 Å². The predicted octanol–water partition coefficient (Wildman–Crippen LogP) is 0.704. The van der Waals surface area contributed by atoms with Gasteiger partial charge in [0.05, 0.1) is 26.4 Å². The molecule has 0 N–H and O–H groups in total. The summed E-state index contributed by atoms with van der Waals surface area (Å²) in [5.74, 6) is 0. The zero-order valence-electron chi connectivity index (χ0n) is 6.88. The van der Waals surface area contributed by atoms with Crippen LogP contribution >= 0.6 is 0 Å². The Labute approximate surface area is 68.6 Å². The summed E-state index contributed by atoms with van der Waals surface area (Å²) >= 11 is 0. The van der Waals surface area contributed by atoms with Gasteiger partial charge in [0.25, 0.3) is 0 Å². The van der Waals surface area contributed by atoms with E-state index in [2.05, 4.69) is 13.8 Å². The largest absolute Gasteiger partial charge is 0.379 e. The van der Waals surface area contributed by atoms with Crippen LogP contribution < -0.4 is 0 Å². The van der Waals surface area contributed by atoms with E-state index in [0.717, 1.165) is 0 Å². The Morgan fingerprint density at radius 1 is 0.636 bits per heavy atom. The molecular formula is C8H16O3. The topological polar surface area (TPSA) is 27.7 Å². The van der Waals surface area contributed by atoms with Crippen molar-refractivity contribution < 1.29 is 14.2 Å². The highest BCUT2D eigenvalue weighted by atomic mass is 16.5. The minimum atomic E-state index is 0.499. The van der Waals surface area contributed by atoms with Crippen LogP contribution in [0.5, 0.6) is 0 Å². The number of hydrogen-bond donors (Lipinski definition) is 0. The standard InChI is InChI=1S/C8H16O3/c1-3-9-5-7-11-8-6-10-4-2/h1-8H2. The van der Waals surface area contributed by atoms with Crippen LogP contribution in [0.25, 0.3) is 0 Å². The molecule has 0 rings (SSSR count). The van der Waals surface area contributed by atoms with E-state index in [1.165, 1.54) is 0 Å². The molecule has 0 unspecified atom stereocenters. The molecule has 0 saturated carbocycles. The van der Waals surface area contributed by atoms with Gasteiger partial charge in [-0.1, -0.05) is 0 Å². The Morgan fingerprint density at radius 3 is 1.36 bits per heavy atom. The van der Waals surface area contributed by atoms with Crippen LogP contribution in [0.2, 0.25) is 0 Å². The van der Waals surface area contributed by atoms with Crippen molar-refractivity contribution in [1.29, 1.82) is 0 Å².